The maximum atomic E-state index is 12.8. The molecule has 0 aromatic heterocycles. The highest BCUT2D eigenvalue weighted by Crippen LogP contribution is 2.33. The quantitative estimate of drug-likeness (QED) is 0.774. The SMILES string of the molecule is CC(=O)N1CCc2cc(S(=O)(=O)CCC(=O)N3c4ccccc4C[C@H]3C)ccc21. The Bertz CT molecular complexity index is 1090. The molecule has 0 saturated heterocycles. The van der Waals surface area contributed by atoms with Crippen molar-refractivity contribution >= 4 is 33.0 Å². The minimum absolute atomic E-state index is 0.0279. The fourth-order valence-electron chi connectivity index (χ4n) is 4.30. The van der Waals surface area contributed by atoms with Crippen LogP contribution in [0.4, 0.5) is 11.4 Å². The first kappa shape index (κ1) is 19.6. The van der Waals surface area contributed by atoms with Crippen molar-refractivity contribution in [2.75, 3.05) is 22.1 Å². The molecule has 2 heterocycles. The second-order valence-corrected chi connectivity index (χ2v) is 9.83. The number of anilines is 2. The van der Waals surface area contributed by atoms with Gasteiger partial charge in [0.1, 0.15) is 0 Å². The highest BCUT2D eigenvalue weighted by Gasteiger charge is 2.31. The van der Waals surface area contributed by atoms with Crippen LogP contribution in [0.5, 0.6) is 0 Å². The van der Waals surface area contributed by atoms with Gasteiger partial charge in [0.25, 0.3) is 0 Å². The van der Waals surface area contributed by atoms with Crippen molar-refractivity contribution in [3.8, 4) is 0 Å². The summed E-state index contributed by atoms with van der Waals surface area (Å²) < 4.78 is 25.7. The lowest BCUT2D eigenvalue weighted by Crippen LogP contribution is -2.36. The van der Waals surface area contributed by atoms with Gasteiger partial charge in [0.05, 0.1) is 10.6 Å². The average molecular weight is 413 g/mol. The molecule has 0 saturated carbocycles. The molecule has 2 amide bonds. The van der Waals surface area contributed by atoms with E-state index in [1.54, 1.807) is 21.9 Å². The van der Waals surface area contributed by atoms with Crippen LogP contribution < -0.4 is 9.80 Å². The molecule has 0 spiro atoms. The predicted octanol–water partition coefficient (Wildman–Crippen LogP) is 2.74. The number of carbonyl (C=O) groups is 2. The number of amides is 2. The Labute approximate surface area is 171 Å². The zero-order chi connectivity index (χ0) is 20.8. The topological polar surface area (TPSA) is 74.8 Å². The zero-order valence-corrected chi connectivity index (χ0v) is 17.4. The van der Waals surface area contributed by atoms with Gasteiger partial charge in [0.2, 0.25) is 11.8 Å². The number of benzene rings is 2. The Morgan fingerprint density at radius 2 is 1.83 bits per heavy atom. The van der Waals surface area contributed by atoms with E-state index in [-0.39, 0.29) is 34.9 Å². The van der Waals surface area contributed by atoms with E-state index < -0.39 is 9.84 Å². The van der Waals surface area contributed by atoms with Crippen molar-refractivity contribution < 1.29 is 18.0 Å². The summed E-state index contributed by atoms with van der Waals surface area (Å²) in [5, 5.41) is 0. The molecule has 29 heavy (non-hydrogen) atoms. The number of hydrogen-bond donors (Lipinski definition) is 0. The minimum Gasteiger partial charge on any atom is -0.312 e. The van der Waals surface area contributed by atoms with E-state index in [2.05, 4.69) is 0 Å². The van der Waals surface area contributed by atoms with Crippen molar-refractivity contribution in [3.63, 3.8) is 0 Å². The zero-order valence-electron chi connectivity index (χ0n) is 16.6. The van der Waals surface area contributed by atoms with Gasteiger partial charge in [-0.1, -0.05) is 18.2 Å². The maximum Gasteiger partial charge on any atom is 0.228 e. The summed E-state index contributed by atoms with van der Waals surface area (Å²) in [4.78, 5) is 28.1. The molecule has 0 aliphatic carbocycles. The first-order valence-electron chi connectivity index (χ1n) is 9.81. The third kappa shape index (κ3) is 3.55. The number of para-hydroxylation sites is 1. The van der Waals surface area contributed by atoms with Crippen LogP contribution in [0.1, 0.15) is 31.4 Å². The Hall–Kier alpha value is -2.67. The van der Waals surface area contributed by atoms with Crippen LogP contribution >= 0.6 is 0 Å². The monoisotopic (exact) mass is 412 g/mol. The van der Waals surface area contributed by atoms with E-state index in [4.69, 9.17) is 0 Å². The van der Waals surface area contributed by atoms with Gasteiger partial charge in [-0.15, -0.1) is 0 Å². The van der Waals surface area contributed by atoms with Crippen LogP contribution in [0.3, 0.4) is 0 Å². The summed E-state index contributed by atoms with van der Waals surface area (Å²) in [6.45, 7) is 4.05. The lowest BCUT2D eigenvalue weighted by molar-refractivity contribution is -0.118. The molecule has 2 aromatic rings. The summed E-state index contributed by atoms with van der Waals surface area (Å²) in [6.07, 6.45) is 1.36. The summed E-state index contributed by atoms with van der Waals surface area (Å²) in [5.74, 6) is -0.452. The molecule has 2 aliphatic heterocycles. The van der Waals surface area contributed by atoms with Crippen LogP contribution in [-0.2, 0) is 32.3 Å². The highest BCUT2D eigenvalue weighted by atomic mass is 32.2. The third-order valence-electron chi connectivity index (χ3n) is 5.75. The van der Waals surface area contributed by atoms with Gasteiger partial charge in [0.15, 0.2) is 9.84 Å². The lowest BCUT2D eigenvalue weighted by atomic mass is 10.1. The van der Waals surface area contributed by atoms with E-state index >= 15 is 0 Å². The molecule has 0 unspecified atom stereocenters. The molecular formula is C22H24N2O4S. The van der Waals surface area contributed by atoms with Crippen LogP contribution in [0.15, 0.2) is 47.4 Å². The number of sulfone groups is 1. The van der Waals surface area contributed by atoms with Gasteiger partial charge < -0.3 is 9.80 Å². The lowest BCUT2D eigenvalue weighted by Gasteiger charge is -2.22. The van der Waals surface area contributed by atoms with Gasteiger partial charge in [0, 0.05) is 37.3 Å². The average Bonchev–Trinajstić information content (AvgIpc) is 3.25. The Morgan fingerprint density at radius 1 is 1.07 bits per heavy atom. The van der Waals surface area contributed by atoms with E-state index in [9.17, 15) is 18.0 Å². The predicted molar refractivity (Wildman–Crippen MR) is 112 cm³/mol. The van der Waals surface area contributed by atoms with E-state index in [1.165, 1.54) is 13.0 Å². The molecule has 2 aromatic carbocycles. The summed E-state index contributed by atoms with van der Waals surface area (Å²) in [6, 6.07) is 12.7. The van der Waals surface area contributed by atoms with Crippen molar-refractivity contribution in [2.24, 2.45) is 0 Å². The van der Waals surface area contributed by atoms with Gasteiger partial charge in [-0.25, -0.2) is 8.42 Å². The van der Waals surface area contributed by atoms with Crippen LogP contribution in [0.2, 0.25) is 0 Å². The molecule has 0 N–H and O–H groups in total. The number of carbonyl (C=O) groups excluding carboxylic acids is 2. The Balaban J connectivity index is 1.49. The van der Waals surface area contributed by atoms with Crippen molar-refractivity contribution in [1.82, 2.24) is 0 Å². The second-order valence-electron chi connectivity index (χ2n) is 7.73. The van der Waals surface area contributed by atoms with Gasteiger partial charge in [-0.2, -0.15) is 0 Å². The molecule has 152 valence electrons. The van der Waals surface area contributed by atoms with Crippen LogP contribution in [0, 0.1) is 0 Å². The molecule has 6 nitrogen and oxygen atoms in total. The number of rotatable bonds is 4. The molecular weight excluding hydrogens is 388 g/mol. The normalized spacial score (nSPS) is 17.9. The highest BCUT2D eigenvalue weighted by molar-refractivity contribution is 7.91. The van der Waals surface area contributed by atoms with Gasteiger partial charge >= 0.3 is 0 Å². The standard InChI is InChI=1S/C22H24N2O4S/c1-15-13-17-5-3-4-6-21(17)24(15)22(26)10-12-29(27,28)19-7-8-20-18(14-19)9-11-23(20)16(2)25/h3-8,14-15H,9-13H2,1-2H3/t15-/m1/s1. The molecule has 0 bridgehead atoms. The molecule has 1 atom stereocenters. The smallest absolute Gasteiger partial charge is 0.228 e. The van der Waals surface area contributed by atoms with Crippen LogP contribution in [0.25, 0.3) is 0 Å². The number of nitrogens with zero attached hydrogens (tertiary/aromatic N) is 2. The van der Waals surface area contributed by atoms with E-state index in [0.717, 1.165) is 28.9 Å². The largest absolute Gasteiger partial charge is 0.312 e. The summed E-state index contributed by atoms with van der Waals surface area (Å²) >= 11 is 0. The molecule has 0 radical (unpaired) electrons. The molecule has 7 heteroatoms. The second kappa shape index (κ2) is 7.30. The maximum absolute atomic E-state index is 12.8. The van der Waals surface area contributed by atoms with E-state index in [1.807, 2.05) is 31.2 Å². The van der Waals surface area contributed by atoms with Crippen molar-refractivity contribution in [3.05, 3.63) is 53.6 Å². The fourth-order valence-corrected chi connectivity index (χ4v) is 5.58. The number of fused-ring (bicyclic) bond motifs is 2. The summed E-state index contributed by atoms with van der Waals surface area (Å²) in [7, 11) is -3.59. The first-order chi connectivity index (χ1) is 13.8. The van der Waals surface area contributed by atoms with Crippen molar-refractivity contribution in [1.29, 1.82) is 0 Å². The van der Waals surface area contributed by atoms with Crippen molar-refractivity contribution in [2.45, 2.75) is 44.0 Å². The fraction of sp³-hybridized carbons (Fsp3) is 0.364. The van der Waals surface area contributed by atoms with E-state index in [0.29, 0.717) is 13.0 Å². The molecule has 2 aliphatic rings. The Morgan fingerprint density at radius 3 is 2.59 bits per heavy atom. The van der Waals surface area contributed by atoms with Crippen LogP contribution in [-0.4, -0.2) is 38.6 Å². The summed E-state index contributed by atoms with van der Waals surface area (Å²) in [5.41, 5.74) is 3.62. The van der Waals surface area contributed by atoms with Gasteiger partial charge in [-0.05, 0) is 55.2 Å². The molecule has 4 rings (SSSR count). The molecule has 0 fully saturated rings. The van der Waals surface area contributed by atoms with Gasteiger partial charge in [-0.3, -0.25) is 9.59 Å². The number of hydrogen-bond acceptors (Lipinski definition) is 4. The Kier molecular flexibility index (Phi) is 4.94. The third-order valence-corrected chi connectivity index (χ3v) is 7.46. The minimum atomic E-state index is -3.59. The first-order valence-corrected chi connectivity index (χ1v) is 11.5.